The van der Waals surface area contributed by atoms with E-state index in [1.807, 2.05) is 24.3 Å². The maximum Gasteiger partial charge on any atom is 0.123 e. The van der Waals surface area contributed by atoms with Crippen molar-refractivity contribution < 1.29 is 9.71 Å². The first-order chi connectivity index (χ1) is 8.25. The fourth-order valence-electron chi connectivity index (χ4n) is 1.68. The quantitative estimate of drug-likeness (QED) is 0.859. The van der Waals surface area contributed by atoms with Crippen molar-refractivity contribution >= 4 is 11.6 Å². The second-order valence-electron chi connectivity index (χ2n) is 3.91. The van der Waals surface area contributed by atoms with E-state index in [0.29, 0.717) is 0 Å². The van der Waals surface area contributed by atoms with Crippen LogP contribution in [0.15, 0.2) is 48.5 Å². The molecule has 2 aromatic carbocycles. The van der Waals surface area contributed by atoms with Gasteiger partial charge in [0, 0.05) is 16.1 Å². The molecular formula is C14H14ClFN+. The molecular weight excluding hydrogens is 237 g/mol. The van der Waals surface area contributed by atoms with Crippen molar-refractivity contribution in [2.45, 2.75) is 13.1 Å². The molecule has 0 radical (unpaired) electrons. The summed E-state index contributed by atoms with van der Waals surface area (Å²) in [5, 5.41) is 2.94. The van der Waals surface area contributed by atoms with Crippen molar-refractivity contribution in [2.75, 3.05) is 0 Å². The Morgan fingerprint density at radius 3 is 2.35 bits per heavy atom. The van der Waals surface area contributed by atoms with Gasteiger partial charge in [-0.15, -0.1) is 0 Å². The van der Waals surface area contributed by atoms with Crippen LogP contribution in [-0.2, 0) is 13.1 Å². The maximum atomic E-state index is 12.7. The summed E-state index contributed by atoms with van der Waals surface area (Å²) in [6, 6.07) is 14.4. The lowest BCUT2D eigenvalue weighted by atomic mass is 10.2. The van der Waals surface area contributed by atoms with Gasteiger partial charge in [0.15, 0.2) is 0 Å². The lowest BCUT2D eigenvalue weighted by Crippen LogP contribution is -2.80. The van der Waals surface area contributed by atoms with Gasteiger partial charge in [-0.3, -0.25) is 0 Å². The smallest absolute Gasteiger partial charge is 0.123 e. The zero-order valence-electron chi connectivity index (χ0n) is 9.37. The molecule has 0 atom stereocenters. The molecule has 0 fully saturated rings. The summed E-state index contributed by atoms with van der Waals surface area (Å²) >= 11 is 6.06. The number of nitrogens with two attached hydrogens (primary N) is 1. The van der Waals surface area contributed by atoms with Gasteiger partial charge in [0.2, 0.25) is 0 Å². The molecule has 2 rings (SSSR count). The van der Waals surface area contributed by atoms with Gasteiger partial charge < -0.3 is 5.32 Å². The molecule has 0 spiro atoms. The van der Waals surface area contributed by atoms with Crippen molar-refractivity contribution in [3.05, 3.63) is 70.5 Å². The molecule has 0 aromatic heterocycles. The highest BCUT2D eigenvalue weighted by atomic mass is 35.5. The number of benzene rings is 2. The summed E-state index contributed by atoms with van der Waals surface area (Å²) in [5.41, 5.74) is 2.23. The SMILES string of the molecule is Fc1ccc(C[NH2+]Cc2ccccc2Cl)cc1. The van der Waals surface area contributed by atoms with E-state index in [2.05, 4.69) is 5.32 Å². The number of rotatable bonds is 4. The van der Waals surface area contributed by atoms with Gasteiger partial charge in [0.1, 0.15) is 18.9 Å². The summed E-state index contributed by atoms with van der Waals surface area (Å²) in [7, 11) is 0. The highest BCUT2D eigenvalue weighted by Crippen LogP contribution is 2.13. The monoisotopic (exact) mass is 250 g/mol. The first kappa shape index (κ1) is 12.1. The van der Waals surface area contributed by atoms with Crippen molar-refractivity contribution in [1.82, 2.24) is 0 Å². The summed E-state index contributed by atoms with van der Waals surface area (Å²) in [4.78, 5) is 0. The Morgan fingerprint density at radius 2 is 1.65 bits per heavy atom. The van der Waals surface area contributed by atoms with Crippen LogP contribution >= 0.6 is 11.6 Å². The molecule has 0 saturated heterocycles. The first-order valence-corrected chi connectivity index (χ1v) is 5.93. The van der Waals surface area contributed by atoms with Gasteiger partial charge in [0.05, 0.1) is 0 Å². The number of halogens is 2. The van der Waals surface area contributed by atoms with Crippen LogP contribution in [-0.4, -0.2) is 0 Å². The standard InChI is InChI=1S/C14H13ClFN/c15-14-4-2-1-3-12(14)10-17-9-11-5-7-13(16)8-6-11/h1-8,17H,9-10H2/p+1. The number of hydrogen-bond donors (Lipinski definition) is 1. The number of quaternary nitrogens is 1. The Kier molecular flexibility index (Phi) is 4.13. The fourth-order valence-corrected chi connectivity index (χ4v) is 1.89. The second-order valence-corrected chi connectivity index (χ2v) is 4.32. The molecule has 2 aromatic rings. The van der Waals surface area contributed by atoms with Crippen LogP contribution < -0.4 is 5.32 Å². The molecule has 0 aliphatic carbocycles. The van der Waals surface area contributed by atoms with Crippen LogP contribution in [0.1, 0.15) is 11.1 Å². The maximum absolute atomic E-state index is 12.7. The number of hydrogen-bond acceptors (Lipinski definition) is 0. The minimum absolute atomic E-state index is 0.195. The molecule has 0 aliphatic rings. The van der Waals surface area contributed by atoms with Crippen LogP contribution in [0, 0.1) is 5.82 Å². The molecule has 1 nitrogen and oxygen atoms in total. The van der Waals surface area contributed by atoms with Gasteiger partial charge >= 0.3 is 0 Å². The van der Waals surface area contributed by atoms with Gasteiger partial charge in [-0.05, 0) is 18.2 Å². The molecule has 0 saturated carbocycles. The third kappa shape index (κ3) is 3.55. The summed E-state index contributed by atoms with van der Waals surface area (Å²) in [5.74, 6) is -0.195. The van der Waals surface area contributed by atoms with E-state index in [4.69, 9.17) is 11.6 Å². The molecule has 0 heterocycles. The molecule has 2 N–H and O–H groups in total. The minimum atomic E-state index is -0.195. The van der Waals surface area contributed by atoms with Crippen LogP contribution in [0.4, 0.5) is 4.39 Å². The van der Waals surface area contributed by atoms with Crippen molar-refractivity contribution in [3.8, 4) is 0 Å². The molecule has 0 aliphatic heterocycles. The minimum Gasteiger partial charge on any atom is -0.339 e. The average Bonchev–Trinajstić information content (AvgIpc) is 2.34. The fraction of sp³-hybridized carbons (Fsp3) is 0.143. The molecule has 17 heavy (non-hydrogen) atoms. The normalized spacial score (nSPS) is 10.5. The Morgan fingerprint density at radius 1 is 0.941 bits per heavy atom. The van der Waals surface area contributed by atoms with Crippen molar-refractivity contribution in [3.63, 3.8) is 0 Å². The average molecular weight is 251 g/mol. The van der Waals surface area contributed by atoms with Crippen molar-refractivity contribution in [2.24, 2.45) is 0 Å². The summed E-state index contributed by atoms with van der Waals surface area (Å²) in [6.45, 7) is 1.66. The lowest BCUT2D eigenvalue weighted by Gasteiger charge is -2.04. The highest BCUT2D eigenvalue weighted by molar-refractivity contribution is 6.31. The van der Waals surface area contributed by atoms with E-state index in [9.17, 15) is 4.39 Å². The predicted molar refractivity (Wildman–Crippen MR) is 67.2 cm³/mol. The van der Waals surface area contributed by atoms with Gasteiger partial charge in [-0.1, -0.05) is 41.9 Å². The Hall–Kier alpha value is -1.38. The van der Waals surface area contributed by atoms with E-state index < -0.39 is 0 Å². The first-order valence-electron chi connectivity index (χ1n) is 5.55. The zero-order chi connectivity index (χ0) is 12.1. The molecule has 0 unspecified atom stereocenters. The Bertz CT molecular complexity index is 482. The predicted octanol–water partition coefficient (Wildman–Crippen LogP) is 2.74. The molecule has 88 valence electrons. The lowest BCUT2D eigenvalue weighted by molar-refractivity contribution is -0.686. The van der Waals surface area contributed by atoms with E-state index in [0.717, 1.165) is 29.2 Å². The third-order valence-electron chi connectivity index (χ3n) is 2.62. The van der Waals surface area contributed by atoms with Crippen molar-refractivity contribution in [1.29, 1.82) is 0 Å². The van der Waals surface area contributed by atoms with Crippen LogP contribution in [0.2, 0.25) is 5.02 Å². The van der Waals surface area contributed by atoms with E-state index in [-0.39, 0.29) is 5.82 Å². The third-order valence-corrected chi connectivity index (χ3v) is 2.98. The molecule has 0 bridgehead atoms. The Labute approximate surface area is 105 Å². The summed E-state index contributed by atoms with van der Waals surface area (Å²) in [6.07, 6.45) is 0. The zero-order valence-corrected chi connectivity index (χ0v) is 10.1. The van der Waals surface area contributed by atoms with E-state index in [1.54, 1.807) is 12.1 Å². The van der Waals surface area contributed by atoms with Gasteiger partial charge in [0.25, 0.3) is 0 Å². The summed E-state index contributed by atoms with van der Waals surface area (Å²) < 4.78 is 12.7. The van der Waals surface area contributed by atoms with Gasteiger partial charge in [-0.25, -0.2) is 4.39 Å². The van der Waals surface area contributed by atoms with Crippen LogP contribution in [0.25, 0.3) is 0 Å². The Balaban J connectivity index is 1.88. The highest BCUT2D eigenvalue weighted by Gasteiger charge is 2.01. The van der Waals surface area contributed by atoms with E-state index in [1.165, 1.54) is 12.1 Å². The molecule has 0 amide bonds. The van der Waals surface area contributed by atoms with E-state index >= 15 is 0 Å². The van der Waals surface area contributed by atoms with Crippen LogP contribution in [0.5, 0.6) is 0 Å². The van der Waals surface area contributed by atoms with Gasteiger partial charge in [-0.2, -0.15) is 0 Å². The second kappa shape index (κ2) is 5.80. The van der Waals surface area contributed by atoms with Crippen LogP contribution in [0.3, 0.4) is 0 Å². The topological polar surface area (TPSA) is 16.6 Å². The molecule has 3 heteroatoms. The largest absolute Gasteiger partial charge is 0.339 e.